The van der Waals surface area contributed by atoms with Crippen LogP contribution in [0.3, 0.4) is 0 Å². The molecule has 0 amide bonds. The average Bonchev–Trinajstić information content (AvgIpc) is 3.26. The van der Waals surface area contributed by atoms with Crippen molar-refractivity contribution in [2.45, 2.75) is 37.4 Å². The van der Waals surface area contributed by atoms with E-state index < -0.39 is 0 Å². The number of allylic oxidation sites excluding steroid dienone is 6. The maximum Gasteiger partial charge on any atom is 2.00 e. The fourth-order valence-electron chi connectivity index (χ4n) is 3.44. The zero-order valence-corrected chi connectivity index (χ0v) is 26.1. The standard InChI is InChI=1S/3C7H8N.3ClH.3Zr/c3*1-2-7-5-6(1)3-4-8-7;;;;;;/h3*1-4,7-8H,5H2;3*1H;;;/q3*-1;;;;3*+2/p-3. The molecule has 30 heavy (non-hydrogen) atoms. The monoisotopic (exact) mass is 693 g/mol. The molecule has 6 aliphatic rings. The van der Waals surface area contributed by atoms with Gasteiger partial charge in [0, 0.05) is 0 Å². The molecule has 3 N–H and O–H groups in total. The Morgan fingerprint density at radius 3 is 0.933 bits per heavy atom. The first-order chi connectivity index (χ1) is 11.8. The van der Waals surface area contributed by atoms with Crippen molar-refractivity contribution >= 4 is 0 Å². The SMILES string of the molecule is C1=C[C-]2C=CC(C2)N1.C1=C[C-]2C=CC(C2)N1.C1=C[C-]2C=CC(C2)N1.[Cl-].[Cl-].[Cl-].[Zr+2].[Zr+2].[Zr+2]. The van der Waals surface area contributed by atoms with E-state index in [4.69, 9.17) is 0 Å². The van der Waals surface area contributed by atoms with Gasteiger partial charge in [0.15, 0.2) is 0 Å². The molecule has 3 aliphatic carbocycles. The minimum absolute atomic E-state index is 0. The number of fused-ring (bicyclic) bond motifs is 6. The summed E-state index contributed by atoms with van der Waals surface area (Å²) in [6.45, 7) is 0. The van der Waals surface area contributed by atoms with Crippen LogP contribution in [0.5, 0.6) is 0 Å². The summed E-state index contributed by atoms with van der Waals surface area (Å²) in [5, 5.41) is 9.67. The Kier molecular flexibility index (Phi) is 21.8. The molecule has 3 unspecified atom stereocenters. The Labute approximate surface area is 257 Å². The van der Waals surface area contributed by atoms with Gasteiger partial charge in [-0.05, 0) is 18.1 Å². The Balaban J connectivity index is -0.000000331. The van der Waals surface area contributed by atoms with Crippen LogP contribution in [-0.2, 0) is 78.6 Å². The van der Waals surface area contributed by atoms with Crippen molar-refractivity contribution in [2.75, 3.05) is 0 Å². The molecule has 156 valence electrons. The molecule has 0 aromatic heterocycles. The van der Waals surface area contributed by atoms with E-state index in [1.807, 2.05) is 18.6 Å². The second-order valence-electron chi connectivity index (χ2n) is 6.73. The fraction of sp³-hybridized carbons (Fsp3) is 0.286. The third-order valence-corrected chi connectivity index (χ3v) is 4.82. The molecule has 0 fully saturated rings. The van der Waals surface area contributed by atoms with Crippen molar-refractivity contribution in [1.82, 2.24) is 16.0 Å². The summed E-state index contributed by atoms with van der Waals surface area (Å²) in [7, 11) is 0. The Hall–Kier alpha value is 0.969. The van der Waals surface area contributed by atoms with Crippen LogP contribution in [0.4, 0.5) is 0 Å². The average molecular weight is 698 g/mol. The summed E-state index contributed by atoms with van der Waals surface area (Å²) in [5.74, 6) is 4.36. The third-order valence-electron chi connectivity index (χ3n) is 4.82. The van der Waals surface area contributed by atoms with Crippen molar-refractivity contribution in [1.29, 1.82) is 0 Å². The predicted octanol–water partition coefficient (Wildman–Crippen LogP) is -5.98. The van der Waals surface area contributed by atoms with Gasteiger partial charge in [-0.1, -0.05) is 19.3 Å². The maximum atomic E-state index is 3.22. The Morgan fingerprint density at radius 2 is 0.733 bits per heavy atom. The number of hydrogen-bond acceptors (Lipinski definition) is 3. The van der Waals surface area contributed by atoms with Gasteiger partial charge in [0.05, 0.1) is 0 Å². The Bertz CT molecular complexity index is 547. The summed E-state index contributed by atoms with van der Waals surface area (Å²) in [6.07, 6.45) is 29.2. The van der Waals surface area contributed by atoms with Crippen LogP contribution in [-0.4, -0.2) is 18.1 Å². The summed E-state index contributed by atoms with van der Waals surface area (Å²) in [6, 6.07) is 1.82. The van der Waals surface area contributed by atoms with E-state index >= 15 is 0 Å². The molecule has 3 nitrogen and oxygen atoms in total. The van der Waals surface area contributed by atoms with Crippen LogP contribution in [0.15, 0.2) is 73.3 Å². The minimum Gasteiger partial charge on any atom is -1.00 e. The molecule has 0 saturated carbocycles. The van der Waals surface area contributed by atoms with Crippen molar-refractivity contribution in [3.05, 3.63) is 91.0 Å². The molecular formula is C21H24Cl3N3Zr3. The molecule has 6 rings (SSSR count). The van der Waals surface area contributed by atoms with Gasteiger partial charge in [0.1, 0.15) is 0 Å². The van der Waals surface area contributed by atoms with E-state index in [2.05, 4.69) is 70.6 Å². The Morgan fingerprint density at radius 1 is 0.467 bits per heavy atom. The summed E-state index contributed by atoms with van der Waals surface area (Å²) in [5.41, 5.74) is 0. The smallest absolute Gasteiger partial charge is 1.00 e. The van der Waals surface area contributed by atoms with Crippen molar-refractivity contribution < 1.29 is 116 Å². The van der Waals surface area contributed by atoms with Gasteiger partial charge in [-0.15, -0.1) is 18.6 Å². The number of hydrogen-bond donors (Lipinski definition) is 3. The van der Waals surface area contributed by atoms with Crippen LogP contribution in [0.1, 0.15) is 19.3 Å². The molecule has 3 heterocycles. The first kappa shape index (κ1) is 35.6. The fourth-order valence-corrected chi connectivity index (χ4v) is 3.44. The molecule has 0 saturated heterocycles. The summed E-state index contributed by atoms with van der Waals surface area (Å²) >= 11 is 0. The zero-order chi connectivity index (χ0) is 16.2. The molecule has 9 heteroatoms. The van der Waals surface area contributed by atoms with E-state index in [1.54, 1.807) is 0 Å². The normalized spacial score (nSPS) is 24.8. The van der Waals surface area contributed by atoms with Gasteiger partial charge >= 0.3 is 78.6 Å². The summed E-state index contributed by atoms with van der Waals surface area (Å²) in [4.78, 5) is 0. The first-order valence-electron chi connectivity index (χ1n) is 8.75. The molecule has 6 bridgehead atoms. The van der Waals surface area contributed by atoms with Gasteiger partial charge in [-0.25, -0.2) is 0 Å². The zero-order valence-electron chi connectivity index (χ0n) is 16.4. The van der Waals surface area contributed by atoms with Crippen molar-refractivity contribution in [3.63, 3.8) is 0 Å². The van der Waals surface area contributed by atoms with Gasteiger partial charge < -0.3 is 53.2 Å². The van der Waals surface area contributed by atoms with E-state index in [1.165, 1.54) is 37.0 Å². The summed E-state index contributed by atoms with van der Waals surface area (Å²) < 4.78 is 0. The van der Waals surface area contributed by atoms with E-state index in [-0.39, 0.29) is 116 Å². The van der Waals surface area contributed by atoms with E-state index in [9.17, 15) is 0 Å². The van der Waals surface area contributed by atoms with Crippen LogP contribution < -0.4 is 53.2 Å². The maximum absolute atomic E-state index is 3.22. The number of nitrogens with one attached hydrogen (secondary N) is 3. The van der Waals surface area contributed by atoms with Crippen LogP contribution in [0, 0.1) is 17.8 Å². The van der Waals surface area contributed by atoms with Crippen molar-refractivity contribution in [3.8, 4) is 0 Å². The van der Waals surface area contributed by atoms with Gasteiger partial charge in [-0.3, -0.25) is 0 Å². The topological polar surface area (TPSA) is 36.1 Å². The van der Waals surface area contributed by atoms with Crippen LogP contribution >= 0.6 is 0 Å². The number of halogens is 3. The largest absolute Gasteiger partial charge is 2.00 e. The van der Waals surface area contributed by atoms with Gasteiger partial charge in [-0.2, -0.15) is 72.4 Å². The second kappa shape index (κ2) is 18.4. The van der Waals surface area contributed by atoms with Crippen LogP contribution in [0.2, 0.25) is 0 Å². The van der Waals surface area contributed by atoms with E-state index in [0.29, 0.717) is 18.1 Å². The molecule has 3 aliphatic heterocycles. The second-order valence-corrected chi connectivity index (χ2v) is 6.73. The predicted molar refractivity (Wildman–Crippen MR) is 99.2 cm³/mol. The van der Waals surface area contributed by atoms with Gasteiger partial charge in [0.25, 0.3) is 0 Å². The quantitative estimate of drug-likeness (QED) is 0.221. The molecule has 0 aromatic rings. The molecular weight excluding hydrogens is 674 g/mol. The number of rotatable bonds is 0. The molecule has 3 atom stereocenters. The molecule has 0 aromatic carbocycles. The van der Waals surface area contributed by atoms with Crippen molar-refractivity contribution in [2.24, 2.45) is 0 Å². The minimum atomic E-state index is 0. The molecule has 0 radical (unpaired) electrons. The first-order valence-corrected chi connectivity index (χ1v) is 8.75. The van der Waals surface area contributed by atoms with Gasteiger partial charge in [0.2, 0.25) is 0 Å². The molecule has 0 spiro atoms. The third kappa shape index (κ3) is 10.7. The van der Waals surface area contributed by atoms with Crippen LogP contribution in [0.25, 0.3) is 0 Å². The van der Waals surface area contributed by atoms with E-state index in [0.717, 1.165) is 0 Å².